The molecule has 0 amide bonds. The van der Waals surface area contributed by atoms with E-state index < -0.39 is 5.67 Å². The third kappa shape index (κ3) is 3.14. The van der Waals surface area contributed by atoms with E-state index in [0.29, 0.717) is 30.4 Å². The Labute approximate surface area is 141 Å². The quantitative estimate of drug-likeness (QED) is 0.717. The topological polar surface area (TPSA) is 81.1 Å². The normalized spacial score (nSPS) is 21.1. The Bertz CT molecular complexity index is 879. The zero-order valence-corrected chi connectivity index (χ0v) is 13.4. The molecule has 0 aliphatic carbocycles. The number of nitrogens with zero attached hydrogens (tertiary/aromatic N) is 5. The number of likely N-dealkylation sites (tertiary alicyclic amines) is 1. The average Bonchev–Trinajstić information content (AvgIpc) is 3.30. The van der Waals surface area contributed by atoms with Crippen LogP contribution in [0.5, 0.6) is 0 Å². The van der Waals surface area contributed by atoms with Gasteiger partial charge in [-0.05, 0) is 31.2 Å². The maximum Gasteiger partial charge on any atom is 0.266 e. The van der Waals surface area contributed by atoms with E-state index in [1.807, 2.05) is 4.90 Å². The van der Waals surface area contributed by atoms with Crippen LogP contribution in [-0.2, 0) is 12.2 Å². The van der Waals surface area contributed by atoms with Crippen LogP contribution in [-0.4, -0.2) is 38.3 Å². The summed E-state index contributed by atoms with van der Waals surface area (Å²) < 4.78 is 38.4. The van der Waals surface area contributed by atoms with Gasteiger partial charge in [-0.1, -0.05) is 10.3 Å². The van der Waals surface area contributed by atoms with Crippen LogP contribution < -0.4 is 0 Å². The van der Waals surface area contributed by atoms with Gasteiger partial charge in [0.1, 0.15) is 5.82 Å². The van der Waals surface area contributed by atoms with Crippen molar-refractivity contribution in [2.75, 3.05) is 13.1 Å². The van der Waals surface area contributed by atoms with E-state index in [0.717, 1.165) is 0 Å². The third-order valence-electron chi connectivity index (χ3n) is 4.14. The molecule has 0 spiro atoms. The highest BCUT2D eigenvalue weighted by Crippen LogP contribution is 2.36. The van der Waals surface area contributed by atoms with Crippen molar-refractivity contribution in [2.45, 2.75) is 25.6 Å². The van der Waals surface area contributed by atoms with Crippen LogP contribution >= 0.6 is 0 Å². The molecule has 1 atom stereocenters. The van der Waals surface area contributed by atoms with E-state index in [2.05, 4.69) is 20.3 Å². The van der Waals surface area contributed by atoms with Gasteiger partial charge in [0.25, 0.3) is 5.89 Å². The number of aromatic nitrogens is 4. The van der Waals surface area contributed by atoms with Crippen LogP contribution in [0.15, 0.2) is 33.3 Å². The van der Waals surface area contributed by atoms with Gasteiger partial charge < -0.3 is 9.05 Å². The molecule has 3 heterocycles. The van der Waals surface area contributed by atoms with E-state index in [-0.39, 0.29) is 30.5 Å². The molecule has 1 aliphatic rings. The highest BCUT2D eigenvalue weighted by Gasteiger charge is 2.45. The highest BCUT2D eigenvalue weighted by atomic mass is 19.1. The lowest BCUT2D eigenvalue weighted by atomic mass is 10.1. The Morgan fingerprint density at radius 2 is 1.96 bits per heavy atom. The van der Waals surface area contributed by atoms with Crippen LogP contribution in [0.4, 0.5) is 8.78 Å². The molecule has 3 aromatic rings. The standard InChI is InChI=1S/C16H15F2N5O2/c1-10-19-13(24-21-10)8-23-7-6-16(18,9-23)15-20-14(22-25-15)11-2-4-12(17)5-3-11/h2-5H,6-9H2,1H3. The molecule has 4 rings (SSSR count). The summed E-state index contributed by atoms with van der Waals surface area (Å²) in [5.74, 6) is 0.784. The van der Waals surface area contributed by atoms with Crippen molar-refractivity contribution in [2.24, 2.45) is 0 Å². The minimum atomic E-state index is -1.74. The molecule has 0 N–H and O–H groups in total. The minimum Gasteiger partial charge on any atom is -0.338 e. The largest absolute Gasteiger partial charge is 0.338 e. The molecular weight excluding hydrogens is 332 g/mol. The lowest BCUT2D eigenvalue weighted by Gasteiger charge is -2.15. The Kier molecular flexibility index (Phi) is 3.79. The average molecular weight is 347 g/mol. The van der Waals surface area contributed by atoms with Gasteiger partial charge in [0.05, 0.1) is 6.54 Å². The van der Waals surface area contributed by atoms with Crippen LogP contribution in [0.3, 0.4) is 0 Å². The smallest absolute Gasteiger partial charge is 0.266 e. The number of rotatable bonds is 4. The first-order chi connectivity index (χ1) is 12.0. The number of hydrogen-bond donors (Lipinski definition) is 0. The first-order valence-corrected chi connectivity index (χ1v) is 7.82. The number of halogens is 2. The number of aryl methyl sites for hydroxylation is 1. The van der Waals surface area contributed by atoms with E-state index >= 15 is 4.39 Å². The van der Waals surface area contributed by atoms with Gasteiger partial charge in [-0.15, -0.1) is 0 Å². The first-order valence-electron chi connectivity index (χ1n) is 7.82. The van der Waals surface area contributed by atoms with E-state index in [4.69, 9.17) is 9.05 Å². The fourth-order valence-electron chi connectivity index (χ4n) is 2.87. The van der Waals surface area contributed by atoms with Gasteiger partial charge in [0.15, 0.2) is 5.82 Å². The van der Waals surface area contributed by atoms with Crippen molar-refractivity contribution in [3.63, 3.8) is 0 Å². The fraction of sp³-hybridized carbons (Fsp3) is 0.375. The molecule has 1 fully saturated rings. The predicted octanol–water partition coefficient (Wildman–Crippen LogP) is 2.64. The SMILES string of the molecule is Cc1noc(CN2CCC(F)(c3nc(-c4ccc(F)cc4)no3)C2)n1. The second kappa shape index (κ2) is 5.99. The van der Waals surface area contributed by atoms with E-state index in [1.165, 1.54) is 24.3 Å². The van der Waals surface area contributed by atoms with Gasteiger partial charge in [-0.25, -0.2) is 8.78 Å². The lowest BCUT2D eigenvalue weighted by Crippen LogP contribution is -2.27. The maximum atomic E-state index is 15.2. The monoisotopic (exact) mass is 347 g/mol. The van der Waals surface area contributed by atoms with Gasteiger partial charge in [-0.2, -0.15) is 9.97 Å². The summed E-state index contributed by atoms with van der Waals surface area (Å²) in [5.41, 5.74) is -1.17. The molecule has 9 heteroatoms. The number of alkyl halides is 1. The second-order valence-corrected chi connectivity index (χ2v) is 6.09. The molecule has 130 valence electrons. The Balaban J connectivity index is 1.49. The van der Waals surface area contributed by atoms with Gasteiger partial charge in [-0.3, -0.25) is 4.90 Å². The molecule has 7 nitrogen and oxygen atoms in total. The summed E-state index contributed by atoms with van der Waals surface area (Å²) in [5, 5.41) is 7.53. The Morgan fingerprint density at radius 3 is 2.68 bits per heavy atom. The molecule has 1 unspecified atom stereocenters. The summed E-state index contributed by atoms with van der Waals surface area (Å²) >= 11 is 0. The minimum absolute atomic E-state index is 0.0731. The van der Waals surface area contributed by atoms with Crippen LogP contribution in [0, 0.1) is 12.7 Å². The molecule has 1 saturated heterocycles. The molecule has 1 aliphatic heterocycles. The first kappa shape index (κ1) is 15.8. The summed E-state index contributed by atoms with van der Waals surface area (Å²) in [6.07, 6.45) is 0.227. The molecular formula is C16H15F2N5O2. The van der Waals surface area contributed by atoms with Crippen molar-refractivity contribution >= 4 is 0 Å². The predicted molar refractivity (Wildman–Crippen MR) is 81.4 cm³/mol. The zero-order chi connectivity index (χ0) is 17.4. The molecule has 2 aromatic heterocycles. The van der Waals surface area contributed by atoms with Crippen molar-refractivity contribution in [3.8, 4) is 11.4 Å². The summed E-state index contributed by atoms with van der Waals surface area (Å²) in [7, 11) is 0. The van der Waals surface area contributed by atoms with Crippen molar-refractivity contribution < 1.29 is 17.8 Å². The highest BCUT2D eigenvalue weighted by molar-refractivity contribution is 5.53. The lowest BCUT2D eigenvalue weighted by molar-refractivity contribution is 0.112. The Morgan fingerprint density at radius 1 is 1.16 bits per heavy atom. The van der Waals surface area contributed by atoms with Crippen molar-refractivity contribution in [3.05, 3.63) is 47.7 Å². The zero-order valence-electron chi connectivity index (χ0n) is 13.4. The molecule has 25 heavy (non-hydrogen) atoms. The molecule has 0 radical (unpaired) electrons. The Hall–Kier alpha value is -2.68. The van der Waals surface area contributed by atoms with Gasteiger partial charge in [0.2, 0.25) is 17.4 Å². The molecule has 0 saturated carbocycles. The third-order valence-corrected chi connectivity index (χ3v) is 4.14. The van der Waals surface area contributed by atoms with Crippen molar-refractivity contribution in [1.29, 1.82) is 0 Å². The number of hydrogen-bond acceptors (Lipinski definition) is 7. The fourth-order valence-corrected chi connectivity index (χ4v) is 2.87. The summed E-state index contributed by atoms with van der Waals surface area (Å²) in [6.45, 7) is 2.70. The van der Waals surface area contributed by atoms with Crippen molar-refractivity contribution in [1.82, 2.24) is 25.2 Å². The van der Waals surface area contributed by atoms with Crippen LogP contribution in [0.25, 0.3) is 11.4 Å². The molecule has 1 aromatic carbocycles. The molecule has 0 bridgehead atoms. The van der Waals surface area contributed by atoms with Crippen LogP contribution in [0.2, 0.25) is 0 Å². The van der Waals surface area contributed by atoms with E-state index in [1.54, 1.807) is 6.92 Å². The number of benzene rings is 1. The second-order valence-electron chi connectivity index (χ2n) is 6.09. The van der Waals surface area contributed by atoms with E-state index in [9.17, 15) is 4.39 Å². The maximum absolute atomic E-state index is 15.2. The summed E-state index contributed by atoms with van der Waals surface area (Å²) in [4.78, 5) is 10.1. The van der Waals surface area contributed by atoms with Gasteiger partial charge >= 0.3 is 0 Å². The van der Waals surface area contributed by atoms with Crippen LogP contribution in [0.1, 0.15) is 24.0 Å². The van der Waals surface area contributed by atoms with Gasteiger partial charge in [0, 0.05) is 25.1 Å². The summed E-state index contributed by atoms with van der Waals surface area (Å²) in [6, 6.07) is 5.63.